The van der Waals surface area contributed by atoms with E-state index in [1.807, 2.05) is 24.8 Å². The molecule has 0 atom stereocenters. The van der Waals surface area contributed by atoms with Crippen molar-refractivity contribution in [3.63, 3.8) is 0 Å². The number of thiophene rings is 1. The molecule has 0 radical (unpaired) electrons. The molecule has 98 valence electrons. The van der Waals surface area contributed by atoms with Crippen LogP contribution in [0.4, 0.5) is 5.95 Å². The molecule has 19 heavy (non-hydrogen) atoms. The molecular weight excluding hydrogens is 282 g/mol. The van der Waals surface area contributed by atoms with E-state index in [9.17, 15) is 0 Å². The Morgan fingerprint density at radius 2 is 2.00 bits per heavy atom. The minimum Gasteiger partial charge on any atom is -0.341 e. The molecule has 0 unspecified atom stereocenters. The highest BCUT2D eigenvalue weighted by molar-refractivity contribution is 7.15. The number of halogens is 1. The van der Waals surface area contributed by atoms with Crippen molar-refractivity contribution in [1.29, 1.82) is 5.26 Å². The SMILES string of the molecule is CCN(CC)c1nc(Cl)nc(-c2ccc(C#N)s2)n1. The van der Waals surface area contributed by atoms with Crippen LogP contribution in [0.1, 0.15) is 18.7 Å². The fraction of sp³-hybridized carbons (Fsp3) is 0.333. The second-order valence-corrected chi connectivity index (χ2v) is 5.10. The summed E-state index contributed by atoms with van der Waals surface area (Å²) in [5.41, 5.74) is 0. The summed E-state index contributed by atoms with van der Waals surface area (Å²) in [4.78, 5) is 16.1. The Bertz CT molecular complexity index is 615. The van der Waals surface area contributed by atoms with Gasteiger partial charge in [-0.1, -0.05) is 0 Å². The Balaban J connectivity index is 2.44. The molecule has 0 fully saturated rings. The van der Waals surface area contributed by atoms with Gasteiger partial charge in [-0.15, -0.1) is 11.3 Å². The van der Waals surface area contributed by atoms with E-state index < -0.39 is 0 Å². The van der Waals surface area contributed by atoms with E-state index in [2.05, 4.69) is 21.0 Å². The summed E-state index contributed by atoms with van der Waals surface area (Å²) in [5, 5.41) is 9.01. The third-order valence-electron chi connectivity index (χ3n) is 2.58. The summed E-state index contributed by atoms with van der Waals surface area (Å²) in [5.74, 6) is 1.07. The standard InChI is InChI=1S/C12H12ClN5S/c1-3-18(4-2)12-16-10(15-11(13)17-12)9-6-5-8(7-14)19-9/h5-6H,3-4H2,1-2H3. The van der Waals surface area contributed by atoms with Gasteiger partial charge >= 0.3 is 0 Å². The smallest absolute Gasteiger partial charge is 0.230 e. The summed E-state index contributed by atoms with van der Waals surface area (Å²) in [6.07, 6.45) is 0. The Labute approximate surface area is 120 Å². The average molecular weight is 294 g/mol. The average Bonchev–Trinajstić information content (AvgIpc) is 2.88. The number of hydrogen-bond donors (Lipinski definition) is 0. The molecule has 0 aromatic carbocycles. The van der Waals surface area contributed by atoms with Gasteiger partial charge in [0.15, 0.2) is 5.82 Å². The molecule has 0 aliphatic rings. The summed E-state index contributed by atoms with van der Waals surface area (Å²) in [7, 11) is 0. The van der Waals surface area contributed by atoms with Crippen molar-refractivity contribution >= 4 is 28.9 Å². The topological polar surface area (TPSA) is 65.7 Å². The van der Waals surface area contributed by atoms with Crippen LogP contribution < -0.4 is 4.90 Å². The largest absolute Gasteiger partial charge is 0.341 e. The van der Waals surface area contributed by atoms with Gasteiger partial charge in [0.2, 0.25) is 11.2 Å². The zero-order valence-electron chi connectivity index (χ0n) is 10.6. The molecular formula is C12H12ClN5S. The molecule has 0 spiro atoms. The predicted octanol–water partition coefficient (Wildman–Crippen LogP) is 2.97. The van der Waals surface area contributed by atoms with E-state index in [-0.39, 0.29) is 5.28 Å². The quantitative estimate of drug-likeness (QED) is 0.867. The molecule has 0 saturated heterocycles. The molecule has 0 bridgehead atoms. The third-order valence-corrected chi connectivity index (χ3v) is 3.73. The van der Waals surface area contributed by atoms with Gasteiger partial charge in [-0.25, -0.2) is 0 Å². The summed E-state index contributed by atoms with van der Waals surface area (Å²) < 4.78 is 0. The van der Waals surface area contributed by atoms with Crippen LogP contribution in [0.2, 0.25) is 5.28 Å². The predicted molar refractivity (Wildman–Crippen MR) is 76.4 cm³/mol. The van der Waals surface area contributed by atoms with Crippen molar-refractivity contribution in [2.75, 3.05) is 18.0 Å². The Kier molecular flexibility index (Phi) is 4.30. The molecule has 7 heteroatoms. The van der Waals surface area contributed by atoms with Gasteiger partial charge in [-0.3, -0.25) is 0 Å². The van der Waals surface area contributed by atoms with Gasteiger partial charge in [0.1, 0.15) is 10.9 Å². The van der Waals surface area contributed by atoms with Gasteiger partial charge in [0, 0.05) is 13.1 Å². The van der Waals surface area contributed by atoms with E-state index in [4.69, 9.17) is 16.9 Å². The van der Waals surface area contributed by atoms with Gasteiger partial charge in [-0.2, -0.15) is 20.2 Å². The van der Waals surface area contributed by atoms with Crippen LogP contribution in [0.3, 0.4) is 0 Å². The Hall–Kier alpha value is -1.71. The van der Waals surface area contributed by atoms with E-state index >= 15 is 0 Å². The van der Waals surface area contributed by atoms with Gasteiger partial charge in [0.05, 0.1) is 4.88 Å². The molecule has 2 heterocycles. The van der Waals surface area contributed by atoms with Crippen LogP contribution in [-0.4, -0.2) is 28.0 Å². The third kappa shape index (κ3) is 3.00. The molecule has 0 N–H and O–H groups in total. The molecule has 0 aliphatic carbocycles. The fourth-order valence-corrected chi connectivity index (χ4v) is 2.51. The number of anilines is 1. The fourth-order valence-electron chi connectivity index (χ4n) is 1.62. The molecule has 2 aromatic heterocycles. The van der Waals surface area contributed by atoms with E-state index in [0.717, 1.165) is 18.0 Å². The molecule has 2 rings (SSSR count). The monoisotopic (exact) mass is 293 g/mol. The Morgan fingerprint density at radius 1 is 1.26 bits per heavy atom. The van der Waals surface area contributed by atoms with E-state index in [1.54, 1.807) is 6.07 Å². The highest BCUT2D eigenvalue weighted by Crippen LogP contribution is 2.26. The van der Waals surface area contributed by atoms with Gasteiger partial charge < -0.3 is 4.90 Å². The van der Waals surface area contributed by atoms with Crippen molar-refractivity contribution in [2.45, 2.75) is 13.8 Å². The lowest BCUT2D eigenvalue weighted by molar-refractivity contribution is 0.814. The second-order valence-electron chi connectivity index (χ2n) is 3.68. The maximum atomic E-state index is 8.84. The zero-order chi connectivity index (χ0) is 13.8. The Morgan fingerprint density at radius 3 is 2.58 bits per heavy atom. The maximum absolute atomic E-state index is 8.84. The van der Waals surface area contributed by atoms with Crippen molar-refractivity contribution in [1.82, 2.24) is 15.0 Å². The summed E-state index contributed by atoms with van der Waals surface area (Å²) in [6, 6.07) is 5.66. The maximum Gasteiger partial charge on any atom is 0.230 e. The van der Waals surface area contributed by atoms with Crippen molar-refractivity contribution in [3.05, 3.63) is 22.3 Å². The van der Waals surface area contributed by atoms with E-state index in [0.29, 0.717) is 16.6 Å². The van der Waals surface area contributed by atoms with Crippen LogP contribution in [0.15, 0.2) is 12.1 Å². The van der Waals surface area contributed by atoms with Crippen molar-refractivity contribution < 1.29 is 0 Å². The minimum absolute atomic E-state index is 0.166. The number of nitriles is 1. The van der Waals surface area contributed by atoms with Crippen LogP contribution in [0.25, 0.3) is 10.7 Å². The van der Waals surface area contributed by atoms with Crippen LogP contribution in [0, 0.1) is 11.3 Å². The first-order chi connectivity index (χ1) is 9.17. The molecule has 2 aromatic rings. The number of hydrogen-bond acceptors (Lipinski definition) is 6. The normalized spacial score (nSPS) is 10.2. The number of nitrogens with zero attached hydrogens (tertiary/aromatic N) is 5. The summed E-state index contributed by atoms with van der Waals surface area (Å²) >= 11 is 7.29. The number of rotatable bonds is 4. The molecule has 0 aliphatic heterocycles. The van der Waals surface area contributed by atoms with Gasteiger partial charge in [-0.05, 0) is 37.6 Å². The van der Waals surface area contributed by atoms with Crippen LogP contribution in [-0.2, 0) is 0 Å². The molecule has 5 nitrogen and oxygen atoms in total. The lowest BCUT2D eigenvalue weighted by Crippen LogP contribution is -2.24. The molecule has 0 amide bonds. The van der Waals surface area contributed by atoms with Crippen molar-refractivity contribution in [2.24, 2.45) is 0 Å². The lowest BCUT2D eigenvalue weighted by atomic mass is 10.4. The minimum atomic E-state index is 0.166. The second kappa shape index (κ2) is 5.95. The highest BCUT2D eigenvalue weighted by atomic mass is 35.5. The van der Waals surface area contributed by atoms with Gasteiger partial charge in [0.25, 0.3) is 0 Å². The highest BCUT2D eigenvalue weighted by Gasteiger charge is 2.13. The first-order valence-corrected chi connectivity index (χ1v) is 7.04. The number of aromatic nitrogens is 3. The summed E-state index contributed by atoms with van der Waals surface area (Å²) in [6.45, 7) is 5.65. The molecule has 0 saturated carbocycles. The van der Waals surface area contributed by atoms with Crippen molar-refractivity contribution in [3.8, 4) is 16.8 Å². The first-order valence-electron chi connectivity index (χ1n) is 5.84. The first kappa shape index (κ1) is 13.7. The van der Waals surface area contributed by atoms with Crippen LogP contribution >= 0.6 is 22.9 Å². The van der Waals surface area contributed by atoms with E-state index in [1.165, 1.54) is 11.3 Å². The zero-order valence-corrected chi connectivity index (χ0v) is 12.2. The van der Waals surface area contributed by atoms with Crippen LogP contribution in [0.5, 0.6) is 0 Å². The lowest BCUT2D eigenvalue weighted by Gasteiger charge is -2.18.